The van der Waals surface area contributed by atoms with Crippen molar-refractivity contribution in [2.45, 2.75) is 19.4 Å². The molecule has 2 heterocycles. The number of hydrogen-bond donors (Lipinski definition) is 1. The van der Waals surface area contributed by atoms with Gasteiger partial charge in [0.1, 0.15) is 5.76 Å². The largest absolute Gasteiger partial charge is 0.468 e. The molecule has 0 radical (unpaired) electrons. The lowest BCUT2D eigenvalue weighted by Crippen LogP contribution is -2.45. The lowest BCUT2D eigenvalue weighted by atomic mass is 9.79. The van der Waals surface area contributed by atoms with E-state index in [1.54, 1.807) is 6.26 Å². The van der Waals surface area contributed by atoms with E-state index >= 15 is 0 Å². The number of ether oxygens (including phenoxy) is 1. The normalized spacial score (nSPS) is 19.3. The second-order valence-electron chi connectivity index (χ2n) is 5.39. The minimum atomic E-state index is 0.342. The van der Waals surface area contributed by atoms with Gasteiger partial charge in [-0.25, -0.2) is 0 Å². The van der Waals surface area contributed by atoms with E-state index in [9.17, 15) is 0 Å². The third-order valence-electron chi connectivity index (χ3n) is 3.72. The van der Waals surface area contributed by atoms with E-state index in [2.05, 4.69) is 17.3 Å². The predicted molar refractivity (Wildman–Crippen MR) is 71.5 cm³/mol. The Morgan fingerprint density at radius 3 is 2.78 bits per heavy atom. The van der Waals surface area contributed by atoms with Crippen molar-refractivity contribution in [1.82, 2.24) is 10.2 Å². The summed E-state index contributed by atoms with van der Waals surface area (Å²) in [6, 6.07) is 3.98. The van der Waals surface area contributed by atoms with Crippen LogP contribution < -0.4 is 5.32 Å². The van der Waals surface area contributed by atoms with E-state index in [1.165, 1.54) is 0 Å². The lowest BCUT2D eigenvalue weighted by Gasteiger charge is -2.39. The molecule has 0 bridgehead atoms. The molecule has 1 aliphatic heterocycles. The van der Waals surface area contributed by atoms with Gasteiger partial charge in [0, 0.05) is 26.3 Å². The Morgan fingerprint density at radius 1 is 1.39 bits per heavy atom. The Bertz CT molecular complexity index is 326. The molecule has 4 nitrogen and oxygen atoms in total. The molecular formula is C14H24N2O2. The van der Waals surface area contributed by atoms with Gasteiger partial charge >= 0.3 is 0 Å². The summed E-state index contributed by atoms with van der Waals surface area (Å²) in [5.74, 6) is 1.03. The summed E-state index contributed by atoms with van der Waals surface area (Å²) < 4.78 is 10.9. The van der Waals surface area contributed by atoms with Crippen molar-refractivity contribution in [2.24, 2.45) is 5.41 Å². The van der Waals surface area contributed by atoms with Crippen LogP contribution in [0, 0.1) is 5.41 Å². The molecule has 0 aliphatic carbocycles. The molecule has 102 valence electrons. The van der Waals surface area contributed by atoms with Crippen LogP contribution in [0.1, 0.15) is 18.6 Å². The van der Waals surface area contributed by atoms with Gasteiger partial charge in [-0.15, -0.1) is 0 Å². The van der Waals surface area contributed by atoms with Crippen LogP contribution in [0.25, 0.3) is 0 Å². The number of rotatable bonds is 6. The Kier molecular flexibility index (Phi) is 4.80. The highest BCUT2D eigenvalue weighted by Gasteiger charge is 2.33. The Labute approximate surface area is 109 Å². The van der Waals surface area contributed by atoms with E-state index < -0.39 is 0 Å². The summed E-state index contributed by atoms with van der Waals surface area (Å²) in [7, 11) is 4.19. The first-order valence-corrected chi connectivity index (χ1v) is 6.67. The first-order chi connectivity index (χ1) is 8.74. The second-order valence-corrected chi connectivity index (χ2v) is 5.39. The monoisotopic (exact) mass is 252 g/mol. The second kappa shape index (κ2) is 6.36. The van der Waals surface area contributed by atoms with Gasteiger partial charge in [0.05, 0.1) is 12.8 Å². The highest BCUT2D eigenvalue weighted by molar-refractivity contribution is 4.98. The third kappa shape index (κ3) is 3.57. The molecule has 1 aromatic rings. The van der Waals surface area contributed by atoms with Gasteiger partial charge in [-0.3, -0.25) is 4.90 Å². The molecule has 1 N–H and O–H groups in total. The summed E-state index contributed by atoms with van der Waals surface area (Å²) >= 11 is 0. The van der Waals surface area contributed by atoms with Crippen molar-refractivity contribution in [2.75, 3.05) is 40.4 Å². The van der Waals surface area contributed by atoms with E-state index in [-0.39, 0.29) is 0 Å². The van der Waals surface area contributed by atoms with Crippen molar-refractivity contribution < 1.29 is 9.15 Å². The number of nitrogens with one attached hydrogen (secondary N) is 1. The fraction of sp³-hybridized carbons (Fsp3) is 0.714. The van der Waals surface area contributed by atoms with E-state index in [4.69, 9.17) is 9.15 Å². The fourth-order valence-electron chi connectivity index (χ4n) is 2.87. The van der Waals surface area contributed by atoms with Gasteiger partial charge in [0.25, 0.3) is 0 Å². The van der Waals surface area contributed by atoms with E-state index in [1.807, 2.05) is 19.2 Å². The third-order valence-corrected chi connectivity index (χ3v) is 3.72. The van der Waals surface area contributed by atoms with Crippen molar-refractivity contribution in [3.63, 3.8) is 0 Å². The van der Waals surface area contributed by atoms with E-state index in [0.717, 1.165) is 51.4 Å². The molecule has 0 spiro atoms. The Morgan fingerprint density at radius 2 is 2.17 bits per heavy atom. The molecule has 4 heteroatoms. The highest BCUT2D eigenvalue weighted by atomic mass is 16.5. The van der Waals surface area contributed by atoms with Crippen LogP contribution in [0.2, 0.25) is 0 Å². The maximum Gasteiger partial charge on any atom is 0.117 e. The smallest absolute Gasteiger partial charge is 0.117 e. The van der Waals surface area contributed by atoms with Crippen LogP contribution >= 0.6 is 0 Å². The van der Waals surface area contributed by atoms with Crippen LogP contribution in [-0.2, 0) is 11.3 Å². The minimum Gasteiger partial charge on any atom is -0.468 e. The number of hydrogen-bond acceptors (Lipinski definition) is 4. The first kappa shape index (κ1) is 13.6. The number of nitrogens with zero attached hydrogens (tertiary/aromatic N) is 1. The van der Waals surface area contributed by atoms with Gasteiger partial charge in [0.15, 0.2) is 0 Å². The van der Waals surface area contributed by atoms with Gasteiger partial charge in [-0.2, -0.15) is 0 Å². The van der Waals surface area contributed by atoms with Crippen LogP contribution in [0.4, 0.5) is 0 Å². The van der Waals surface area contributed by atoms with Gasteiger partial charge in [0.2, 0.25) is 0 Å². The maximum atomic E-state index is 5.49. The van der Waals surface area contributed by atoms with Crippen molar-refractivity contribution >= 4 is 0 Å². The first-order valence-electron chi connectivity index (χ1n) is 6.67. The zero-order valence-electron chi connectivity index (χ0n) is 11.4. The molecule has 0 atom stereocenters. The quantitative estimate of drug-likeness (QED) is 0.836. The average molecular weight is 252 g/mol. The molecule has 2 rings (SSSR count). The SMILES string of the molecule is CNCC1(CN(C)Cc2ccco2)CCOCC1. The molecule has 1 fully saturated rings. The molecule has 1 aromatic heterocycles. The molecule has 1 saturated heterocycles. The summed E-state index contributed by atoms with van der Waals surface area (Å²) in [5.41, 5.74) is 0.342. The van der Waals surface area contributed by atoms with Gasteiger partial charge in [-0.1, -0.05) is 0 Å². The summed E-state index contributed by atoms with van der Waals surface area (Å²) in [4.78, 5) is 2.35. The van der Waals surface area contributed by atoms with Crippen LogP contribution in [-0.4, -0.2) is 45.3 Å². The van der Waals surface area contributed by atoms with Crippen LogP contribution in [0.15, 0.2) is 22.8 Å². The highest BCUT2D eigenvalue weighted by Crippen LogP contribution is 2.31. The maximum absolute atomic E-state index is 5.49. The minimum absolute atomic E-state index is 0.342. The van der Waals surface area contributed by atoms with Crippen molar-refractivity contribution in [3.8, 4) is 0 Å². The van der Waals surface area contributed by atoms with E-state index in [0.29, 0.717) is 5.41 Å². The topological polar surface area (TPSA) is 37.6 Å². The fourth-order valence-corrected chi connectivity index (χ4v) is 2.87. The molecular weight excluding hydrogens is 228 g/mol. The average Bonchev–Trinajstić information content (AvgIpc) is 2.83. The Hall–Kier alpha value is -0.840. The van der Waals surface area contributed by atoms with Gasteiger partial charge < -0.3 is 14.5 Å². The lowest BCUT2D eigenvalue weighted by molar-refractivity contribution is -0.00146. The molecule has 0 saturated carbocycles. The predicted octanol–water partition coefficient (Wildman–Crippen LogP) is 1.73. The number of furan rings is 1. The molecule has 1 aliphatic rings. The molecule has 0 aromatic carbocycles. The summed E-state index contributed by atoms with van der Waals surface area (Å²) in [6.45, 7) is 4.78. The van der Waals surface area contributed by atoms with Crippen molar-refractivity contribution in [1.29, 1.82) is 0 Å². The molecule has 18 heavy (non-hydrogen) atoms. The molecule has 0 amide bonds. The summed E-state index contributed by atoms with van der Waals surface area (Å²) in [5, 5.41) is 3.34. The summed E-state index contributed by atoms with van der Waals surface area (Å²) in [6.07, 6.45) is 4.01. The van der Waals surface area contributed by atoms with Crippen molar-refractivity contribution in [3.05, 3.63) is 24.2 Å². The zero-order chi connectivity index (χ0) is 12.8. The Balaban J connectivity index is 1.91. The standard InChI is InChI=1S/C14H24N2O2/c1-15-11-14(5-8-17-9-6-14)12-16(2)10-13-4-3-7-18-13/h3-4,7,15H,5-6,8-12H2,1-2H3. The van der Waals surface area contributed by atoms with Gasteiger partial charge in [-0.05, 0) is 44.5 Å². The molecule has 0 unspecified atom stereocenters. The van der Waals surface area contributed by atoms with Crippen LogP contribution in [0.3, 0.4) is 0 Å². The van der Waals surface area contributed by atoms with Crippen LogP contribution in [0.5, 0.6) is 0 Å². The zero-order valence-corrected chi connectivity index (χ0v) is 11.4.